The topological polar surface area (TPSA) is 44.6 Å². The second kappa shape index (κ2) is 3.66. The monoisotopic (exact) mass is 183 g/mol. The average Bonchev–Trinajstić information content (AvgIpc) is 2.02. The van der Waals surface area contributed by atoms with E-state index in [2.05, 4.69) is 0 Å². The molecule has 13 heavy (non-hydrogen) atoms. The minimum atomic E-state index is -0.841. The first-order valence-electron chi connectivity index (χ1n) is 5.35. The number of carboxylic acid groups (broad SMARTS) is 1. The van der Waals surface area contributed by atoms with Crippen LogP contribution >= 0.6 is 0 Å². The summed E-state index contributed by atoms with van der Waals surface area (Å²) in [5.41, 5.74) is 0. The number of quaternary nitrogens is 1. The molecule has 2 atom stereocenters. The number of rotatable bonds is 2. The molecule has 0 spiro atoms. The van der Waals surface area contributed by atoms with Crippen LogP contribution in [0, 0.1) is 0 Å². The Hall–Kier alpha value is -0.570. The normalized spacial score (nSPS) is 35.4. The van der Waals surface area contributed by atoms with Crippen molar-refractivity contribution in [2.45, 2.75) is 50.6 Å². The lowest BCUT2D eigenvalue weighted by Crippen LogP contribution is -3.26. The summed E-state index contributed by atoms with van der Waals surface area (Å²) in [6, 6.07) is 0.425. The number of nitrogens with one attached hydrogen (secondary N) is 1. The Morgan fingerprint density at radius 1 is 1.15 bits per heavy atom. The van der Waals surface area contributed by atoms with Crippen LogP contribution in [0.15, 0.2) is 0 Å². The number of likely N-dealkylation sites (tertiary alicyclic amines) is 1. The summed E-state index contributed by atoms with van der Waals surface area (Å²) in [6.45, 7) is 1.04. The van der Waals surface area contributed by atoms with E-state index in [0.29, 0.717) is 6.04 Å². The molecule has 3 nitrogen and oxygen atoms in total. The summed E-state index contributed by atoms with van der Waals surface area (Å²) in [6.07, 6.45) is 7.17. The average molecular weight is 183 g/mol. The van der Waals surface area contributed by atoms with Gasteiger partial charge in [-0.2, -0.15) is 0 Å². The lowest BCUT2D eigenvalue weighted by atomic mass is 9.89. The van der Waals surface area contributed by atoms with Gasteiger partial charge in [0.1, 0.15) is 6.04 Å². The van der Waals surface area contributed by atoms with Crippen molar-refractivity contribution < 1.29 is 14.8 Å². The van der Waals surface area contributed by atoms with Gasteiger partial charge in [-0.1, -0.05) is 6.42 Å². The molecule has 0 aromatic heterocycles. The molecular formula is C10H17NO2. The predicted octanol–water partition coefficient (Wildman–Crippen LogP) is -1.27. The van der Waals surface area contributed by atoms with Crippen molar-refractivity contribution in [1.29, 1.82) is 0 Å². The Bertz CT molecular complexity index is 199. The van der Waals surface area contributed by atoms with Crippen molar-refractivity contribution in [3.05, 3.63) is 0 Å². The van der Waals surface area contributed by atoms with E-state index in [1.54, 1.807) is 0 Å². The summed E-state index contributed by atoms with van der Waals surface area (Å²) >= 11 is 0. The van der Waals surface area contributed by atoms with Crippen LogP contribution in [0.2, 0.25) is 0 Å². The maximum Gasteiger partial charge on any atom is 0.133 e. The molecule has 1 aliphatic carbocycles. The highest BCUT2D eigenvalue weighted by atomic mass is 16.4. The van der Waals surface area contributed by atoms with Gasteiger partial charge in [-0.3, -0.25) is 0 Å². The first-order valence-corrected chi connectivity index (χ1v) is 5.35. The molecule has 1 saturated heterocycles. The zero-order valence-corrected chi connectivity index (χ0v) is 7.92. The largest absolute Gasteiger partial charge is 0.544 e. The van der Waals surface area contributed by atoms with Crippen LogP contribution in [-0.2, 0) is 4.79 Å². The van der Waals surface area contributed by atoms with Gasteiger partial charge >= 0.3 is 0 Å². The van der Waals surface area contributed by atoms with Gasteiger partial charge < -0.3 is 14.8 Å². The van der Waals surface area contributed by atoms with Crippen molar-refractivity contribution in [2.24, 2.45) is 0 Å². The van der Waals surface area contributed by atoms with Crippen LogP contribution < -0.4 is 10.0 Å². The molecular weight excluding hydrogens is 166 g/mol. The summed E-state index contributed by atoms with van der Waals surface area (Å²) in [7, 11) is 0. The molecule has 1 N–H and O–H groups in total. The third kappa shape index (κ3) is 1.70. The van der Waals surface area contributed by atoms with Crippen LogP contribution in [0.1, 0.15) is 38.5 Å². The molecule has 2 rings (SSSR count). The van der Waals surface area contributed by atoms with E-state index in [0.717, 1.165) is 13.0 Å². The Kier molecular flexibility index (Phi) is 2.54. The highest BCUT2D eigenvalue weighted by Gasteiger charge is 2.39. The van der Waals surface area contributed by atoms with Crippen molar-refractivity contribution in [3.8, 4) is 0 Å². The standard InChI is InChI=1S/C10H17NO2/c12-10(13)9-6-7-11(9)8-4-2-1-3-5-8/h8-9H,1-7H2,(H,12,13)/t9-/m0/s1. The highest BCUT2D eigenvalue weighted by Crippen LogP contribution is 2.17. The van der Waals surface area contributed by atoms with E-state index in [9.17, 15) is 9.90 Å². The molecule has 2 fully saturated rings. The second-order valence-electron chi connectivity index (χ2n) is 4.32. The molecule has 3 heteroatoms. The fraction of sp³-hybridized carbons (Fsp3) is 0.900. The highest BCUT2D eigenvalue weighted by molar-refractivity contribution is 5.70. The minimum Gasteiger partial charge on any atom is -0.544 e. The molecule has 0 aromatic rings. The van der Waals surface area contributed by atoms with Crippen molar-refractivity contribution in [1.82, 2.24) is 0 Å². The van der Waals surface area contributed by atoms with Gasteiger partial charge in [-0.25, -0.2) is 0 Å². The molecule has 1 saturated carbocycles. The predicted molar refractivity (Wildman–Crippen MR) is 46.1 cm³/mol. The van der Waals surface area contributed by atoms with Gasteiger partial charge in [-0.05, 0) is 25.7 Å². The second-order valence-corrected chi connectivity index (χ2v) is 4.32. The lowest BCUT2D eigenvalue weighted by molar-refractivity contribution is -0.983. The molecule has 1 unspecified atom stereocenters. The quantitative estimate of drug-likeness (QED) is 0.580. The van der Waals surface area contributed by atoms with Gasteiger partial charge in [-0.15, -0.1) is 0 Å². The Morgan fingerprint density at radius 2 is 1.85 bits per heavy atom. The lowest BCUT2D eigenvalue weighted by Gasteiger charge is -2.44. The minimum absolute atomic E-state index is 0.192. The number of hydrogen-bond acceptors (Lipinski definition) is 2. The van der Waals surface area contributed by atoms with E-state index in [1.165, 1.54) is 37.0 Å². The molecule has 74 valence electrons. The Balaban J connectivity index is 1.89. The van der Waals surface area contributed by atoms with E-state index in [1.807, 2.05) is 0 Å². The maximum absolute atomic E-state index is 10.7. The van der Waals surface area contributed by atoms with Gasteiger partial charge in [0.15, 0.2) is 0 Å². The third-order valence-electron chi connectivity index (χ3n) is 3.58. The molecule has 1 aliphatic heterocycles. The number of carbonyl (C=O) groups excluding carboxylic acids is 1. The first kappa shape index (κ1) is 9.00. The van der Waals surface area contributed by atoms with Crippen LogP contribution in [-0.4, -0.2) is 24.6 Å². The van der Waals surface area contributed by atoms with Crippen molar-refractivity contribution in [2.75, 3.05) is 6.54 Å². The molecule has 1 heterocycles. The van der Waals surface area contributed by atoms with E-state index >= 15 is 0 Å². The first-order chi connectivity index (χ1) is 6.29. The van der Waals surface area contributed by atoms with Crippen molar-refractivity contribution >= 4 is 5.97 Å². The van der Waals surface area contributed by atoms with Crippen molar-refractivity contribution in [3.63, 3.8) is 0 Å². The maximum atomic E-state index is 10.7. The fourth-order valence-corrected chi connectivity index (χ4v) is 2.69. The van der Waals surface area contributed by atoms with Gasteiger partial charge in [0, 0.05) is 0 Å². The van der Waals surface area contributed by atoms with Crippen LogP contribution in [0.3, 0.4) is 0 Å². The Morgan fingerprint density at radius 3 is 2.31 bits per heavy atom. The molecule has 2 aliphatic rings. The zero-order valence-electron chi connectivity index (χ0n) is 7.92. The van der Waals surface area contributed by atoms with Gasteiger partial charge in [0.25, 0.3) is 0 Å². The molecule has 0 bridgehead atoms. The molecule has 0 radical (unpaired) electrons. The van der Waals surface area contributed by atoms with Crippen LogP contribution in [0.25, 0.3) is 0 Å². The summed E-state index contributed by atoms with van der Waals surface area (Å²) in [5.74, 6) is -0.841. The van der Waals surface area contributed by atoms with Gasteiger partial charge in [0.2, 0.25) is 0 Å². The number of carbonyl (C=O) groups is 1. The Labute approximate surface area is 78.7 Å². The fourth-order valence-electron chi connectivity index (χ4n) is 2.69. The van der Waals surface area contributed by atoms with E-state index in [4.69, 9.17) is 0 Å². The van der Waals surface area contributed by atoms with Gasteiger partial charge in [0.05, 0.1) is 25.0 Å². The van der Waals surface area contributed by atoms with E-state index in [-0.39, 0.29) is 6.04 Å². The summed E-state index contributed by atoms with van der Waals surface area (Å²) in [4.78, 5) is 12.0. The van der Waals surface area contributed by atoms with Crippen LogP contribution in [0.5, 0.6) is 0 Å². The van der Waals surface area contributed by atoms with E-state index < -0.39 is 5.97 Å². The zero-order chi connectivity index (χ0) is 9.26. The molecule has 0 amide bonds. The molecule has 0 aromatic carbocycles. The summed E-state index contributed by atoms with van der Waals surface area (Å²) in [5, 5.41) is 10.7. The number of carboxylic acids is 1. The summed E-state index contributed by atoms with van der Waals surface area (Å²) < 4.78 is 0. The SMILES string of the molecule is O=C([O-])[C@@H]1CC[NH+]1C1CCCCC1. The third-order valence-corrected chi connectivity index (χ3v) is 3.58. The number of hydrogen-bond donors (Lipinski definition) is 1. The smallest absolute Gasteiger partial charge is 0.133 e. The van der Waals surface area contributed by atoms with Crippen LogP contribution in [0.4, 0.5) is 0 Å². The number of aliphatic carboxylic acids is 1.